The van der Waals surface area contributed by atoms with E-state index in [4.69, 9.17) is 0 Å². The van der Waals surface area contributed by atoms with Gasteiger partial charge in [0.15, 0.2) is 0 Å². The predicted molar refractivity (Wildman–Crippen MR) is 79.9 cm³/mol. The Morgan fingerprint density at radius 1 is 1.29 bits per heavy atom. The number of nitrogens with zero attached hydrogens (tertiary/aromatic N) is 1. The van der Waals surface area contributed by atoms with Crippen molar-refractivity contribution in [3.8, 4) is 0 Å². The smallest absolute Gasteiger partial charge is 0.274 e. The number of nitro groups is 1. The average molecular weight is 353 g/mol. The minimum atomic E-state index is -0.557. The number of nitrogens with one attached hydrogen (secondary N) is 1. The van der Waals surface area contributed by atoms with Crippen LogP contribution in [-0.4, -0.2) is 10.8 Å². The Balaban J connectivity index is 2.34. The highest BCUT2D eigenvalue weighted by molar-refractivity contribution is 9.10. The Morgan fingerprint density at radius 2 is 1.95 bits per heavy atom. The quantitative estimate of drug-likeness (QED) is 0.668. The van der Waals surface area contributed by atoms with Crippen LogP contribution in [0.2, 0.25) is 0 Å². The van der Waals surface area contributed by atoms with Crippen LogP contribution in [0.3, 0.4) is 0 Å². The molecule has 0 aliphatic carbocycles. The van der Waals surface area contributed by atoms with E-state index in [0.29, 0.717) is 11.3 Å². The van der Waals surface area contributed by atoms with Crippen molar-refractivity contribution < 1.29 is 14.1 Å². The number of amides is 1. The third-order valence-electron chi connectivity index (χ3n) is 2.95. The van der Waals surface area contributed by atoms with E-state index < -0.39 is 16.6 Å². The summed E-state index contributed by atoms with van der Waals surface area (Å²) in [5.41, 5.74) is 0.667. The number of hydrogen-bond donors (Lipinski definition) is 1. The number of benzene rings is 2. The van der Waals surface area contributed by atoms with Crippen LogP contribution in [-0.2, 0) is 0 Å². The molecule has 2 aromatic carbocycles. The van der Waals surface area contributed by atoms with Gasteiger partial charge in [-0.2, -0.15) is 0 Å². The monoisotopic (exact) mass is 352 g/mol. The van der Waals surface area contributed by atoms with Gasteiger partial charge in [0.2, 0.25) is 0 Å². The Kier molecular flexibility index (Phi) is 4.32. The lowest BCUT2D eigenvalue weighted by atomic mass is 10.1. The zero-order chi connectivity index (χ0) is 15.6. The molecule has 1 amide bonds. The molecular formula is C14H10BrFN2O3. The van der Waals surface area contributed by atoms with Crippen LogP contribution in [0.15, 0.2) is 40.9 Å². The first kappa shape index (κ1) is 15.1. The largest absolute Gasteiger partial charge is 0.321 e. The predicted octanol–water partition coefficient (Wildman–Crippen LogP) is 4.06. The molecule has 0 saturated carbocycles. The van der Waals surface area contributed by atoms with Crippen LogP contribution in [0.25, 0.3) is 0 Å². The van der Waals surface area contributed by atoms with E-state index in [1.54, 1.807) is 6.07 Å². The Bertz CT molecular complexity index is 734. The van der Waals surface area contributed by atoms with Crippen LogP contribution >= 0.6 is 15.9 Å². The number of rotatable bonds is 3. The molecule has 0 radical (unpaired) electrons. The number of anilines is 1. The third kappa shape index (κ3) is 3.08. The molecule has 0 spiro atoms. The van der Waals surface area contributed by atoms with Crippen LogP contribution in [0.1, 0.15) is 15.9 Å². The molecule has 0 aliphatic rings. The van der Waals surface area contributed by atoms with E-state index in [1.165, 1.54) is 37.3 Å². The highest BCUT2D eigenvalue weighted by Gasteiger charge is 2.17. The molecule has 1 N–H and O–H groups in total. The van der Waals surface area contributed by atoms with E-state index in [0.717, 1.165) is 0 Å². The molecule has 2 rings (SSSR count). The summed E-state index contributed by atoms with van der Waals surface area (Å²) in [4.78, 5) is 22.5. The number of hydrogen-bond acceptors (Lipinski definition) is 3. The van der Waals surface area contributed by atoms with Gasteiger partial charge in [-0.3, -0.25) is 14.9 Å². The van der Waals surface area contributed by atoms with Crippen LogP contribution < -0.4 is 5.32 Å². The maximum Gasteiger partial charge on any atom is 0.274 e. The van der Waals surface area contributed by atoms with Crippen molar-refractivity contribution in [3.05, 3.63) is 67.9 Å². The topological polar surface area (TPSA) is 72.2 Å². The molecule has 0 saturated heterocycles. The maximum atomic E-state index is 13.4. The van der Waals surface area contributed by atoms with Crippen molar-refractivity contribution in [2.24, 2.45) is 0 Å². The minimum Gasteiger partial charge on any atom is -0.321 e. The summed E-state index contributed by atoms with van der Waals surface area (Å²) in [7, 11) is 0. The lowest BCUT2D eigenvalue weighted by Crippen LogP contribution is -2.14. The van der Waals surface area contributed by atoms with E-state index in [-0.39, 0.29) is 15.7 Å². The summed E-state index contributed by atoms with van der Waals surface area (Å²) in [6.45, 7) is 1.54. The first-order chi connectivity index (χ1) is 9.91. The lowest BCUT2D eigenvalue weighted by molar-refractivity contribution is -0.385. The Morgan fingerprint density at radius 3 is 2.62 bits per heavy atom. The first-order valence-corrected chi connectivity index (χ1v) is 6.70. The van der Waals surface area contributed by atoms with Gasteiger partial charge in [0.25, 0.3) is 11.6 Å². The van der Waals surface area contributed by atoms with Gasteiger partial charge in [0.1, 0.15) is 5.82 Å². The molecule has 0 unspecified atom stereocenters. The van der Waals surface area contributed by atoms with E-state index in [2.05, 4.69) is 21.2 Å². The maximum absolute atomic E-state index is 13.4. The molecule has 5 nitrogen and oxygen atoms in total. The highest BCUT2D eigenvalue weighted by Crippen LogP contribution is 2.27. The molecule has 0 heterocycles. The molecule has 108 valence electrons. The van der Waals surface area contributed by atoms with Gasteiger partial charge in [0.05, 0.1) is 26.2 Å². The molecule has 0 atom stereocenters. The van der Waals surface area contributed by atoms with Gasteiger partial charge < -0.3 is 5.32 Å². The van der Waals surface area contributed by atoms with E-state index in [1.807, 2.05) is 0 Å². The second kappa shape index (κ2) is 6.01. The van der Waals surface area contributed by atoms with Crippen molar-refractivity contribution >= 4 is 33.2 Å². The van der Waals surface area contributed by atoms with E-state index >= 15 is 0 Å². The summed E-state index contributed by atoms with van der Waals surface area (Å²) in [6.07, 6.45) is 0. The molecule has 0 aromatic heterocycles. The molecule has 7 heteroatoms. The normalized spacial score (nSPS) is 10.2. The first-order valence-electron chi connectivity index (χ1n) is 5.91. The fourth-order valence-electron chi connectivity index (χ4n) is 1.83. The second-order valence-corrected chi connectivity index (χ2v) is 5.06. The summed E-state index contributed by atoms with van der Waals surface area (Å²) in [5.74, 6) is -1.11. The molecular weight excluding hydrogens is 343 g/mol. The van der Waals surface area contributed by atoms with Crippen molar-refractivity contribution in [1.29, 1.82) is 0 Å². The van der Waals surface area contributed by atoms with Crippen molar-refractivity contribution in [3.63, 3.8) is 0 Å². The molecule has 0 fully saturated rings. The summed E-state index contributed by atoms with van der Waals surface area (Å²) in [6, 6.07) is 8.46. The SMILES string of the molecule is Cc1c(NC(=O)c2cccc(F)c2Br)cccc1[N+](=O)[O-]. The van der Waals surface area contributed by atoms with Crippen molar-refractivity contribution in [1.82, 2.24) is 0 Å². The summed E-state index contributed by atoms with van der Waals surface area (Å²) in [5, 5.41) is 13.4. The van der Waals surface area contributed by atoms with Crippen LogP contribution in [0.4, 0.5) is 15.8 Å². The van der Waals surface area contributed by atoms with Gasteiger partial charge >= 0.3 is 0 Å². The summed E-state index contributed by atoms with van der Waals surface area (Å²) >= 11 is 3.01. The van der Waals surface area contributed by atoms with Crippen LogP contribution in [0, 0.1) is 22.9 Å². The molecule has 0 bridgehead atoms. The summed E-state index contributed by atoms with van der Waals surface area (Å²) < 4.78 is 13.5. The lowest BCUT2D eigenvalue weighted by Gasteiger charge is -2.10. The number of carbonyl (C=O) groups excluding carboxylic acids is 1. The number of nitro benzene ring substituents is 1. The second-order valence-electron chi connectivity index (χ2n) is 4.26. The number of carbonyl (C=O) groups is 1. The van der Waals surface area contributed by atoms with Crippen LogP contribution in [0.5, 0.6) is 0 Å². The van der Waals surface area contributed by atoms with Gasteiger partial charge in [-0.05, 0) is 41.1 Å². The fraction of sp³-hybridized carbons (Fsp3) is 0.0714. The molecule has 21 heavy (non-hydrogen) atoms. The fourth-order valence-corrected chi connectivity index (χ4v) is 2.27. The van der Waals surface area contributed by atoms with Gasteiger partial charge in [0, 0.05) is 6.07 Å². The zero-order valence-corrected chi connectivity index (χ0v) is 12.5. The van der Waals surface area contributed by atoms with Crippen molar-refractivity contribution in [2.45, 2.75) is 6.92 Å². The minimum absolute atomic E-state index is 0.0468. The van der Waals surface area contributed by atoms with Gasteiger partial charge in [-0.25, -0.2) is 4.39 Å². The number of halogens is 2. The third-order valence-corrected chi connectivity index (χ3v) is 3.75. The van der Waals surface area contributed by atoms with Gasteiger partial charge in [-0.15, -0.1) is 0 Å². The zero-order valence-electron chi connectivity index (χ0n) is 10.9. The Labute approximate surface area is 128 Å². The molecule has 0 aliphatic heterocycles. The van der Waals surface area contributed by atoms with E-state index in [9.17, 15) is 19.3 Å². The standard InChI is InChI=1S/C14H10BrFN2O3/c1-8-11(6-3-7-12(8)18(20)21)17-14(19)9-4-2-5-10(16)13(9)15/h2-7H,1H3,(H,17,19). The average Bonchev–Trinajstić information content (AvgIpc) is 2.43. The Hall–Kier alpha value is -2.28. The van der Waals surface area contributed by atoms with Crippen molar-refractivity contribution in [2.75, 3.05) is 5.32 Å². The van der Waals surface area contributed by atoms with Gasteiger partial charge in [-0.1, -0.05) is 12.1 Å². The molecule has 2 aromatic rings. The highest BCUT2D eigenvalue weighted by atomic mass is 79.9.